The summed E-state index contributed by atoms with van der Waals surface area (Å²) >= 11 is 6.28. The molecular formula is C13H17ClN6O. The zero-order valence-corrected chi connectivity index (χ0v) is 13.0. The molecule has 0 saturated carbocycles. The summed E-state index contributed by atoms with van der Waals surface area (Å²) < 4.78 is 8.65. The van der Waals surface area contributed by atoms with Gasteiger partial charge in [0.1, 0.15) is 11.3 Å². The Bertz CT molecular complexity index is 742. The van der Waals surface area contributed by atoms with Crippen molar-refractivity contribution in [3.05, 3.63) is 23.7 Å². The van der Waals surface area contributed by atoms with Crippen molar-refractivity contribution in [2.24, 2.45) is 7.05 Å². The Morgan fingerprint density at radius 2 is 2.24 bits per heavy atom. The van der Waals surface area contributed by atoms with Crippen LogP contribution in [-0.4, -0.2) is 29.5 Å². The number of alkyl halides is 1. The highest BCUT2D eigenvalue weighted by Crippen LogP contribution is 2.27. The first-order valence-corrected chi connectivity index (χ1v) is 7.36. The van der Waals surface area contributed by atoms with E-state index in [-0.39, 0.29) is 5.38 Å². The lowest BCUT2D eigenvalue weighted by Gasteiger charge is -2.08. The van der Waals surface area contributed by atoms with Crippen molar-refractivity contribution < 1.29 is 4.52 Å². The highest BCUT2D eigenvalue weighted by Gasteiger charge is 2.22. The zero-order valence-electron chi connectivity index (χ0n) is 12.2. The Hall–Kier alpha value is -1.89. The summed E-state index contributed by atoms with van der Waals surface area (Å²) in [6.07, 6.45) is 3.24. The fraction of sp³-hybridized carbons (Fsp3) is 0.538. The van der Waals surface area contributed by atoms with Crippen LogP contribution in [-0.2, 0) is 20.0 Å². The number of rotatable bonds is 5. The molecule has 8 heteroatoms. The van der Waals surface area contributed by atoms with Gasteiger partial charge < -0.3 is 9.09 Å². The summed E-state index contributed by atoms with van der Waals surface area (Å²) in [5, 5.41) is 8.21. The van der Waals surface area contributed by atoms with E-state index in [1.54, 1.807) is 0 Å². The van der Waals surface area contributed by atoms with Gasteiger partial charge in [0, 0.05) is 7.05 Å². The van der Waals surface area contributed by atoms with Crippen LogP contribution in [0, 0.1) is 0 Å². The molecule has 3 aromatic heterocycles. The molecule has 0 aromatic carbocycles. The van der Waals surface area contributed by atoms with Crippen molar-refractivity contribution in [3.63, 3.8) is 0 Å². The van der Waals surface area contributed by atoms with Crippen molar-refractivity contribution in [2.75, 3.05) is 0 Å². The first-order chi connectivity index (χ1) is 10.1. The number of aromatic nitrogens is 6. The number of aryl methyl sites for hydroxylation is 2. The van der Waals surface area contributed by atoms with Crippen LogP contribution < -0.4 is 0 Å². The van der Waals surface area contributed by atoms with Crippen molar-refractivity contribution in [1.29, 1.82) is 0 Å². The van der Waals surface area contributed by atoms with Gasteiger partial charge in [0.15, 0.2) is 11.5 Å². The first-order valence-electron chi connectivity index (χ1n) is 6.93. The number of imidazole rings is 1. The molecule has 0 aliphatic heterocycles. The fourth-order valence-corrected chi connectivity index (χ4v) is 2.69. The largest absolute Gasteiger partial charge is 0.343 e. The van der Waals surface area contributed by atoms with Gasteiger partial charge in [-0.25, -0.2) is 4.98 Å². The highest BCUT2D eigenvalue weighted by molar-refractivity contribution is 6.20. The molecular weight excluding hydrogens is 292 g/mol. The van der Waals surface area contributed by atoms with Crippen LogP contribution in [0.5, 0.6) is 0 Å². The number of fused-ring (bicyclic) bond motifs is 1. The number of hydrogen-bond donors (Lipinski definition) is 0. The molecule has 0 radical (unpaired) electrons. The van der Waals surface area contributed by atoms with Gasteiger partial charge in [0.05, 0.1) is 17.6 Å². The molecule has 7 nitrogen and oxygen atoms in total. The van der Waals surface area contributed by atoms with Crippen molar-refractivity contribution >= 4 is 22.8 Å². The molecule has 1 unspecified atom stereocenters. The van der Waals surface area contributed by atoms with Gasteiger partial charge in [-0.2, -0.15) is 10.1 Å². The minimum atomic E-state index is -0.209. The molecule has 3 aromatic rings. The quantitative estimate of drug-likeness (QED) is 0.677. The summed E-state index contributed by atoms with van der Waals surface area (Å²) in [5.41, 5.74) is 2.84. The second kappa shape index (κ2) is 5.48. The van der Waals surface area contributed by atoms with Crippen LogP contribution in [0.3, 0.4) is 0 Å². The average molecular weight is 309 g/mol. The smallest absolute Gasteiger partial charge is 0.213 e. The molecule has 0 fully saturated rings. The van der Waals surface area contributed by atoms with E-state index in [9.17, 15) is 0 Å². The van der Waals surface area contributed by atoms with E-state index in [0.717, 1.165) is 35.5 Å². The Kier molecular flexibility index (Phi) is 3.67. The molecule has 21 heavy (non-hydrogen) atoms. The van der Waals surface area contributed by atoms with E-state index >= 15 is 0 Å². The van der Waals surface area contributed by atoms with Crippen LogP contribution in [0.25, 0.3) is 11.2 Å². The molecule has 3 rings (SSSR count). The second-order valence-electron chi connectivity index (χ2n) is 5.01. The third-order valence-electron chi connectivity index (χ3n) is 3.37. The van der Waals surface area contributed by atoms with Gasteiger partial charge in [-0.15, -0.1) is 11.6 Å². The normalized spacial score (nSPS) is 13.1. The maximum atomic E-state index is 6.28. The molecule has 1 atom stereocenters. The van der Waals surface area contributed by atoms with Gasteiger partial charge in [-0.1, -0.05) is 18.5 Å². The summed E-state index contributed by atoms with van der Waals surface area (Å²) in [7, 11) is 1.92. The summed E-state index contributed by atoms with van der Waals surface area (Å²) in [5.74, 6) is 1.38. The lowest BCUT2D eigenvalue weighted by atomic mass is 10.2. The monoisotopic (exact) mass is 308 g/mol. The molecule has 0 spiro atoms. The van der Waals surface area contributed by atoms with E-state index in [4.69, 9.17) is 21.1 Å². The fourth-order valence-electron chi connectivity index (χ4n) is 2.53. The number of halogens is 1. The third-order valence-corrected chi connectivity index (χ3v) is 3.57. The van der Waals surface area contributed by atoms with Gasteiger partial charge in [-0.3, -0.25) is 4.68 Å². The van der Waals surface area contributed by atoms with E-state index < -0.39 is 0 Å². The molecule has 0 bridgehead atoms. The predicted molar refractivity (Wildman–Crippen MR) is 78.2 cm³/mol. The maximum Gasteiger partial charge on any atom is 0.213 e. The summed E-state index contributed by atoms with van der Waals surface area (Å²) in [6.45, 7) is 4.49. The lowest BCUT2D eigenvalue weighted by molar-refractivity contribution is 0.408. The second-order valence-corrected chi connectivity index (χ2v) is 5.67. The minimum Gasteiger partial charge on any atom is -0.343 e. The van der Waals surface area contributed by atoms with Crippen molar-refractivity contribution in [2.45, 2.75) is 38.6 Å². The van der Waals surface area contributed by atoms with E-state index in [2.05, 4.69) is 22.2 Å². The average Bonchev–Trinajstić information content (AvgIpc) is 3.11. The topological polar surface area (TPSA) is 74.6 Å². The van der Waals surface area contributed by atoms with Crippen LogP contribution in [0.1, 0.15) is 43.0 Å². The highest BCUT2D eigenvalue weighted by atomic mass is 35.5. The molecule has 112 valence electrons. The summed E-state index contributed by atoms with van der Waals surface area (Å²) in [4.78, 5) is 8.77. The van der Waals surface area contributed by atoms with Gasteiger partial charge in [0.2, 0.25) is 6.39 Å². The Morgan fingerprint density at radius 1 is 1.43 bits per heavy atom. The Labute approximate surface area is 126 Å². The molecule has 0 saturated heterocycles. The van der Waals surface area contributed by atoms with Gasteiger partial charge in [-0.05, 0) is 13.3 Å². The van der Waals surface area contributed by atoms with Crippen molar-refractivity contribution in [3.8, 4) is 0 Å². The number of nitrogens with zero attached hydrogens (tertiary/aromatic N) is 6. The van der Waals surface area contributed by atoms with Crippen LogP contribution in [0.15, 0.2) is 10.9 Å². The van der Waals surface area contributed by atoms with Gasteiger partial charge >= 0.3 is 0 Å². The molecule has 0 aliphatic rings. The lowest BCUT2D eigenvalue weighted by Crippen LogP contribution is -2.10. The maximum absolute atomic E-state index is 6.28. The first kappa shape index (κ1) is 14.1. The summed E-state index contributed by atoms with van der Waals surface area (Å²) in [6, 6.07) is 0. The zero-order chi connectivity index (χ0) is 15.0. The molecule has 0 N–H and O–H groups in total. The van der Waals surface area contributed by atoms with Crippen molar-refractivity contribution in [1.82, 2.24) is 29.5 Å². The Balaban J connectivity index is 2.17. The minimum absolute atomic E-state index is 0.209. The van der Waals surface area contributed by atoms with Crippen LogP contribution >= 0.6 is 11.6 Å². The molecule has 3 heterocycles. The predicted octanol–water partition coefficient (Wildman–Crippen LogP) is 2.45. The standard InChI is InChI=1S/C13H17ClN6O/c1-4-5-9-11-13(19(3)17-9)20(12(16-11)8(2)14)6-10-15-7-21-18-10/h7-8H,4-6H2,1-3H3. The molecule has 0 amide bonds. The van der Waals surface area contributed by atoms with E-state index in [1.807, 2.05) is 23.2 Å². The Morgan fingerprint density at radius 3 is 2.86 bits per heavy atom. The van der Waals surface area contributed by atoms with Gasteiger partial charge in [0.25, 0.3) is 0 Å². The SMILES string of the molecule is CCCc1nn(C)c2c1nc(C(C)Cl)n2Cc1ncon1. The molecule has 0 aliphatic carbocycles. The third kappa shape index (κ3) is 2.42. The number of hydrogen-bond acceptors (Lipinski definition) is 5. The van der Waals surface area contributed by atoms with E-state index in [0.29, 0.717) is 12.4 Å². The van der Waals surface area contributed by atoms with E-state index in [1.165, 1.54) is 6.39 Å². The van der Waals surface area contributed by atoms with Crippen LogP contribution in [0.4, 0.5) is 0 Å². The van der Waals surface area contributed by atoms with Crippen LogP contribution in [0.2, 0.25) is 0 Å².